The Morgan fingerprint density at radius 3 is 2.81 bits per heavy atom. The van der Waals surface area contributed by atoms with Crippen LogP contribution in [0.3, 0.4) is 0 Å². The van der Waals surface area contributed by atoms with Gasteiger partial charge < -0.3 is 4.74 Å². The predicted molar refractivity (Wildman–Crippen MR) is 70.2 cm³/mol. The highest BCUT2D eigenvalue weighted by atomic mass is 32.2. The summed E-state index contributed by atoms with van der Waals surface area (Å²) >= 11 is 1.96. The first kappa shape index (κ1) is 12.0. The lowest BCUT2D eigenvalue weighted by Crippen LogP contribution is -2.19. The second kappa shape index (κ2) is 5.24. The minimum absolute atomic E-state index is 0.359. The third-order valence-corrected chi connectivity index (χ3v) is 4.55. The van der Waals surface area contributed by atoms with E-state index in [1.807, 2.05) is 11.8 Å². The fourth-order valence-electron chi connectivity index (χ4n) is 1.83. The first-order valence-electron chi connectivity index (χ1n) is 6.02. The van der Waals surface area contributed by atoms with E-state index in [0.717, 1.165) is 6.61 Å². The van der Waals surface area contributed by atoms with Crippen molar-refractivity contribution in [3.8, 4) is 0 Å². The molecule has 88 valence electrons. The molecule has 1 aromatic carbocycles. The van der Waals surface area contributed by atoms with E-state index in [0.29, 0.717) is 17.9 Å². The first-order valence-corrected chi connectivity index (χ1v) is 7.00. The average molecular weight is 236 g/mol. The summed E-state index contributed by atoms with van der Waals surface area (Å²) in [5.41, 5.74) is 1.48. The molecule has 0 amide bonds. The Labute approximate surface area is 103 Å². The molecule has 1 nitrogen and oxygen atoms in total. The molecule has 1 aliphatic heterocycles. The van der Waals surface area contributed by atoms with E-state index < -0.39 is 0 Å². The van der Waals surface area contributed by atoms with Gasteiger partial charge in [0.1, 0.15) is 0 Å². The number of fused-ring (bicyclic) bond motifs is 1. The molecule has 0 aromatic heterocycles. The smallest absolute Gasteiger partial charge is 0.0570 e. The van der Waals surface area contributed by atoms with E-state index in [9.17, 15) is 0 Å². The maximum atomic E-state index is 5.93. The highest BCUT2D eigenvalue weighted by Gasteiger charge is 2.23. The maximum Gasteiger partial charge on any atom is 0.0570 e. The molecular formula is C14H20OS. The van der Waals surface area contributed by atoms with Gasteiger partial charge in [0.2, 0.25) is 0 Å². The van der Waals surface area contributed by atoms with Crippen molar-refractivity contribution in [3.05, 3.63) is 29.8 Å². The summed E-state index contributed by atoms with van der Waals surface area (Å²) in [5, 5.41) is 0. The summed E-state index contributed by atoms with van der Waals surface area (Å²) in [4.78, 5) is 1.44. The van der Waals surface area contributed by atoms with Crippen LogP contribution in [0.15, 0.2) is 29.2 Å². The molecule has 1 aliphatic rings. The molecule has 2 atom stereocenters. The van der Waals surface area contributed by atoms with Crippen LogP contribution in [0, 0.1) is 5.92 Å². The molecule has 0 saturated carbocycles. The van der Waals surface area contributed by atoms with Crippen molar-refractivity contribution in [2.75, 3.05) is 12.4 Å². The first-order chi connectivity index (χ1) is 7.68. The largest absolute Gasteiger partial charge is 0.378 e. The maximum absolute atomic E-state index is 5.93. The van der Waals surface area contributed by atoms with Crippen LogP contribution in [0.25, 0.3) is 0 Å². The zero-order valence-electron chi connectivity index (χ0n) is 10.3. The number of ether oxygens (including phenoxy) is 1. The third kappa shape index (κ3) is 2.61. The van der Waals surface area contributed by atoms with E-state index in [1.54, 1.807) is 0 Å². The molecule has 2 unspecified atom stereocenters. The van der Waals surface area contributed by atoms with E-state index >= 15 is 0 Å². The van der Waals surface area contributed by atoms with Gasteiger partial charge in [0.05, 0.1) is 12.7 Å². The van der Waals surface area contributed by atoms with Crippen molar-refractivity contribution in [2.45, 2.75) is 37.7 Å². The zero-order chi connectivity index (χ0) is 11.5. The summed E-state index contributed by atoms with van der Waals surface area (Å²) in [5.74, 6) is 2.36. The molecule has 2 heteroatoms. The lowest BCUT2D eigenvalue weighted by Gasteiger charge is -2.19. The van der Waals surface area contributed by atoms with Gasteiger partial charge in [-0.1, -0.05) is 32.0 Å². The van der Waals surface area contributed by atoms with Gasteiger partial charge in [-0.3, -0.25) is 0 Å². The molecule has 2 rings (SSSR count). The average Bonchev–Trinajstić information content (AvgIpc) is 2.69. The van der Waals surface area contributed by atoms with E-state index in [4.69, 9.17) is 4.74 Å². The lowest BCUT2D eigenvalue weighted by atomic mass is 10.0. The molecule has 0 radical (unpaired) electrons. The van der Waals surface area contributed by atoms with Crippen molar-refractivity contribution < 1.29 is 4.74 Å². The molecule has 0 aliphatic carbocycles. The van der Waals surface area contributed by atoms with Gasteiger partial charge in [-0.15, -0.1) is 11.8 Å². The number of thioether (sulfide) groups is 1. The van der Waals surface area contributed by atoms with E-state index in [-0.39, 0.29) is 0 Å². The molecule has 0 saturated heterocycles. The van der Waals surface area contributed by atoms with Gasteiger partial charge in [-0.2, -0.15) is 0 Å². The predicted octanol–water partition coefficient (Wildman–Crippen LogP) is 3.94. The number of benzene rings is 1. The fourth-order valence-corrected chi connectivity index (χ4v) is 3.06. The summed E-state index contributed by atoms with van der Waals surface area (Å²) in [7, 11) is 0. The van der Waals surface area contributed by atoms with Crippen molar-refractivity contribution >= 4 is 11.8 Å². The summed E-state index contributed by atoms with van der Waals surface area (Å²) < 4.78 is 5.93. The van der Waals surface area contributed by atoms with Gasteiger partial charge in [0, 0.05) is 16.6 Å². The highest BCUT2D eigenvalue weighted by Crippen LogP contribution is 2.39. The van der Waals surface area contributed by atoms with Crippen LogP contribution in [-0.2, 0) is 4.74 Å². The van der Waals surface area contributed by atoms with E-state index in [1.165, 1.54) is 16.2 Å². The Morgan fingerprint density at radius 1 is 1.31 bits per heavy atom. The number of hydrogen-bond donors (Lipinski definition) is 0. The van der Waals surface area contributed by atoms with Crippen LogP contribution in [-0.4, -0.2) is 18.5 Å². The summed E-state index contributed by atoms with van der Waals surface area (Å²) in [6, 6.07) is 8.70. The van der Waals surface area contributed by atoms with Gasteiger partial charge in [-0.25, -0.2) is 0 Å². The standard InChI is InChI=1S/C14H20OS/c1-10(2)11(3)15-8-12-9-16-14-7-5-4-6-13(12)14/h4-7,10-12H,8-9H2,1-3H3. The fraction of sp³-hybridized carbons (Fsp3) is 0.571. The van der Waals surface area contributed by atoms with Crippen LogP contribution in [0.5, 0.6) is 0 Å². The lowest BCUT2D eigenvalue weighted by molar-refractivity contribution is 0.0294. The van der Waals surface area contributed by atoms with Gasteiger partial charge in [-0.05, 0) is 24.5 Å². The SMILES string of the molecule is CC(C)C(C)OCC1CSc2ccccc21. The van der Waals surface area contributed by atoms with Crippen LogP contribution < -0.4 is 0 Å². The van der Waals surface area contributed by atoms with Crippen molar-refractivity contribution in [2.24, 2.45) is 5.92 Å². The summed E-state index contributed by atoms with van der Waals surface area (Å²) in [6.07, 6.45) is 0.359. The minimum atomic E-state index is 0.359. The molecule has 0 bridgehead atoms. The monoisotopic (exact) mass is 236 g/mol. The molecule has 0 N–H and O–H groups in total. The molecular weight excluding hydrogens is 216 g/mol. The third-order valence-electron chi connectivity index (χ3n) is 3.30. The topological polar surface area (TPSA) is 9.23 Å². The normalized spacial score (nSPS) is 21.1. The zero-order valence-corrected chi connectivity index (χ0v) is 11.1. The van der Waals surface area contributed by atoms with Crippen molar-refractivity contribution in [3.63, 3.8) is 0 Å². The second-order valence-corrected chi connectivity index (χ2v) is 5.89. The minimum Gasteiger partial charge on any atom is -0.378 e. The Morgan fingerprint density at radius 2 is 2.06 bits per heavy atom. The molecule has 0 spiro atoms. The van der Waals surface area contributed by atoms with Crippen LogP contribution in [0.2, 0.25) is 0 Å². The molecule has 1 aromatic rings. The number of hydrogen-bond acceptors (Lipinski definition) is 2. The molecule has 0 fully saturated rings. The molecule has 1 heterocycles. The van der Waals surface area contributed by atoms with Gasteiger partial charge in [0.25, 0.3) is 0 Å². The number of rotatable bonds is 4. The highest BCUT2D eigenvalue weighted by molar-refractivity contribution is 7.99. The molecule has 16 heavy (non-hydrogen) atoms. The van der Waals surface area contributed by atoms with Crippen molar-refractivity contribution in [1.29, 1.82) is 0 Å². The van der Waals surface area contributed by atoms with Gasteiger partial charge in [0.15, 0.2) is 0 Å². The van der Waals surface area contributed by atoms with Crippen molar-refractivity contribution in [1.82, 2.24) is 0 Å². The van der Waals surface area contributed by atoms with Crippen LogP contribution in [0.4, 0.5) is 0 Å². The van der Waals surface area contributed by atoms with Gasteiger partial charge >= 0.3 is 0 Å². The van der Waals surface area contributed by atoms with Crippen LogP contribution >= 0.6 is 11.8 Å². The second-order valence-electron chi connectivity index (χ2n) is 4.83. The Hall–Kier alpha value is -0.470. The summed E-state index contributed by atoms with van der Waals surface area (Å²) in [6.45, 7) is 7.45. The quantitative estimate of drug-likeness (QED) is 0.783. The van der Waals surface area contributed by atoms with E-state index in [2.05, 4.69) is 45.0 Å². The Bertz CT molecular complexity index is 348. The van der Waals surface area contributed by atoms with Crippen LogP contribution in [0.1, 0.15) is 32.3 Å². The Kier molecular flexibility index (Phi) is 3.93. The Balaban J connectivity index is 1.93.